The third-order valence-corrected chi connectivity index (χ3v) is 6.44. The van der Waals surface area contributed by atoms with Gasteiger partial charge in [-0.25, -0.2) is 0 Å². The van der Waals surface area contributed by atoms with Gasteiger partial charge in [-0.2, -0.15) is 0 Å². The summed E-state index contributed by atoms with van der Waals surface area (Å²) in [7, 11) is 0. The number of hydrogen-bond donors (Lipinski definition) is 3. The molecule has 28 heavy (non-hydrogen) atoms. The molecule has 4 nitrogen and oxygen atoms in total. The van der Waals surface area contributed by atoms with Gasteiger partial charge in [0.05, 0.1) is 0 Å². The zero-order chi connectivity index (χ0) is 19.6. The van der Waals surface area contributed by atoms with Crippen molar-refractivity contribution in [2.24, 2.45) is 5.92 Å². The molecule has 1 aliphatic heterocycles. The van der Waals surface area contributed by atoms with Crippen molar-refractivity contribution >= 4 is 10.9 Å². The standard InChI is InChI=1S/C24H40N4/c1-3-20(4-2)17-26-22(19-25-12-15-28-13-8-5-9-14-28)16-21-18-27-24-11-7-6-10-23(21)24/h6-7,10-11,18,20,22,25-27H,3-5,8-9,12-17,19H2,1-2H3/t22-/m0/s1. The average molecular weight is 385 g/mol. The Hall–Kier alpha value is -1.36. The van der Waals surface area contributed by atoms with Crippen LogP contribution in [0.5, 0.6) is 0 Å². The van der Waals surface area contributed by atoms with Crippen molar-refractivity contribution in [3.05, 3.63) is 36.0 Å². The van der Waals surface area contributed by atoms with Crippen LogP contribution in [0.4, 0.5) is 0 Å². The van der Waals surface area contributed by atoms with E-state index in [1.54, 1.807) is 0 Å². The number of hydrogen-bond acceptors (Lipinski definition) is 3. The van der Waals surface area contributed by atoms with Crippen LogP contribution < -0.4 is 10.6 Å². The van der Waals surface area contributed by atoms with Crippen molar-refractivity contribution in [3.63, 3.8) is 0 Å². The van der Waals surface area contributed by atoms with E-state index in [2.05, 4.69) is 64.8 Å². The fourth-order valence-corrected chi connectivity index (χ4v) is 4.39. The fraction of sp³-hybridized carbons (Fsp3) is 0.667. The van der Waals surface area contributed by atoms with Gasteiger partial charge in [0.2, 0.25) is 0 Å². The fourth-order valence-electron chi connectivity index (χ4n) is 4.39. The lowest BCUT2D eigenvalue weighted by Crippen LogP contribution is -2.44. The van der Waals surface area contributed by atoms with Crippen molar-refractivity contribution in [3.8, 4) is 0 Å². The Morgan fingerprint density at radius 1 is 1.04 bits per heavy atom. The van der Waals surface area contributed by atoms with Crippen molar-refractivity contribution in [1.29, 1.82) is 0 Å². The first kappa shape index (κ1) is 21.4. The van der Waals surface area contributed by atoms with Gasteiger partial charge in [0.25, 0.3) is 0 Å². The first-order chi connectivity index (χ1) is 13.8. The zero-order valence-corrected chi connectivity index (χ0v) is 18.0. The molecule has 3 N–H and O–H groups in total. The molecule has 1 fully saturated rings. The van der Waals surface area contributed by atoms with Crippen LogP contribution >= 0.6 is 0 Å². The Morgan fingerprint density at radius 3 is 2.61 bits per heavy atom. The van der Waals surface area contributed by atoms with Crippen molar-refractivity contribution in [2.45, 2.75) is 58.4 Å². The molecule has 1 saturated heterocycles. The van der Waals surface area contributed by atoms with Gasteiger partial charge in [-0.05, 0) is 56.4 Å². The highest BCUT2D eigenvalue weighted by Gasteiger charge is 2.15. The molecule has 1 aromatic heterocycles. The maximum absolute atomic E-state index is 3.87. The van der Waals surface area contributed by atoms with Gasteiger partial charge in [0.15, 0.2) is 0 Å². The van der Waals surface area contributed by atoms with Gasteiger partial charge >= 0.3 is 0 Å². The minimum Gasteiger partial charge on any atom is -0.361 e. The SMILES string of the molecule is CCC(CC)CN[C@H](CNCCN1CCCCC1)Cc1c[nH]c2ccccc12. The summed E-state index contributed by atoms with van der Waals surface area (Å²) < 4.78 is 0. The maximum atomic E-state index is 3.87. The summed E-state index contributed by atoms with van der Waals surface area (Å²) in [5, 5.41) is 8.98. The van der Waals surface area contributed by atoms with Gasteiger partial charge in [-0.15, -0.1) is 0 Å². The monoisotopic (exact) mass is 384 g/mol. The van der Waals surface area contributed by atoms with Crippen molar-refractivity contribution in [1.82, 2.24) is 20.5 Å². The molecule has 0 amide bonds. The number of piperidine rings is 1. The summed E-state index contributed by atoms with van der Waals surface area (Å²) in [6.45, 7) is 11.6. The van der Waals surface area contributed by atoms with Crippen LogP contribution in [-0.2, 0) is 6.42 Å². The zero-order valence-electron chi connectivity index (χ0n) is 18.0. The molecule has 0 bridgehead atoms. The summed E-state index contributed by atoms with van der Waals surface area (Å²) >= 11 is 0. The normalized spacial score (nSPS) is 16.8. The third kappa shape index (κ3) is 6.33. The molecule has 1 atom stereocenters. The van der Waals surface area contributed by atoms with Crippen molar-refractivity contribution in [2.75, 3.05) is 39.3 Å². The third-order valence-electron chi connectivity index (χ3n) is 6.44. The van der Waals surface area contributed by atoms with Crippen LogP contribution in [0.2, 0.25) is 0 Å². The second-order valence-corrected chi connectivity index (χ2v) is 8.46. The van der Waals surface area contributed by atoms with Crippen molar-refractivity contribution < 1.29 is 0 Å². The van der Waals surface area contributed by atoms with Crippen LogP contribution in [0.15, 0.2) is 30.5 Å². The highest BCUT2D eigenvalue weighted by atomic mass is 15.1. The topological polar surface area (TPSA) is 43.1 Å². The molecule has 4 heteroatoms. The number of benzene rings is 1. The molecule has 0 unspecified atom stereocenters. The van der Waals surface area contributed by atoms with Gasteiger partial charge in [0, 0.05) is 42.8 Å². The Bertz CT molecular complexity index is 670. The number of likely N-dealkylation sites (tertiary alicyclic amines) is 1. The molecule has 2 heterocycles. The van der Waals surface area contributed by atoms with Crippen LogP contribution in [0, 0.1) is 5.92 Å². The largest absolute Gasteiger partial charge is 0.361 e. The van der Waals surface area contributed by atoms with E-state index in [1.807, 2.05) is 0 Å². The second kappa shape index (κ2) is 11.6. The molecule has 0 spiro atoms. The molecular formula is C24H40N4. The van der Waals surface area contributed by atoms with E-state index in [1.165, 1.54) is 68.2 Å². The quantitative estimate of drug-likeness (QED) is 0.481. The molecular weight excluding hydrogens is 344 g/mol. The first-order valence-corrected chi connectivity index (χ1v) is 11.5. The molecule has 3 rings (SSSR count). The van der Waals surface area contributed by atoms with E-state index in [0.29, 0.717) is 6.04 Å². The Morgan fingerprint density at radius 2 is 1.82 bits per heavy atom. The van der Waals surface area contributed by atoms with Crippen LogP contribution in [0.25, 0.3) is 10.9 Å². The molecule has 0 radical (unpaired) electrons. The van der Waals surface area contributed by atoms with E-state index < -0.39 is 0 Å². The Balaban J connectivity index is 1.53. The minimum atomic E-state index is 0.473. The lowest BCUT2D eigenvalue weighted by atomic mass is 10.0. The number of aromatic amines is 1. The summed E-state index contributed by atoms with van der Waals surface area (Å²) in [5.74, 6) is 0.777. The minimum absolute atomic E-state index is 0.473. The molecule has 0 aliphatic carbocycles. The van der Waals surface area contributed by atoms with Crippen LogP contribution in [0.3, 0.4) is 0 Å². The van der Waals surface area contributed by atoms with E-state index in [9.17, 15) is 0 Å². The summed E-state index contributed by atoms with van der Waals surface area (Å²) in [6, 6.07) is 9.13. The molecule has 156 valence electrons. The highest BCUT2D eigenvalue weighted by Crippen LogP contribution is 2.19. The number of H-pyrrole nitrogens is 1. The summed E-state index contributed by atoms with van der Waals surface area (Å²) in [6.07, 6.45) is 9.94. The van der Waals surface area contributed by atoms with Gasteiger partial charge in [-0.1, -0.05) is 51.3 Å². The number of aromatic nitrogens is 1. The molecule has 1 aromatic carbocycles. The van der Waals surface area contributed by atoms with Crippen LogP contribution in [-0.4, -0.2) is 55.2 Å². The van der Waals surface area contributed by atoms with E-state index in [0.717, 1.165) is 32.0 Å². The summed E-state index contributed by atoms with van der Waals surface area (Å²) in [5.41, 5.74) is 2.67. The average Bonchev–Trinajstić information content (AvgIpc) is 3.15. The highest BCUT2D eigenvalue weighted by molar-refractivity contribution is 5.83. The molecule has 0 saturated carbocycles. The number of fused-ring (bicyclic) bond motifs is 1. The molecule has 1 aliphatic rings. The number of nitrogens with zero attached hydrogens (tertiary/aromatic N) is 1. The Labute approximate surface area is 171 Å². The van der Waals surface area contributed by atoms with E-state index in [-0.39, 0.29) is 0 Å². The first-order valence-electron chi connectivity index (χ1n) is 11.5. The smallest absolute Gasteiger partial charge is 0.0456 e. The molecule has 2 aromatic rings. The lowest BCUT2D eigenvalue weighted by Gasteiger charge is -2.27. The number of nitrogens with one attached hydrogen (secondary N) is 3. The van der Waals surface area contributed by atoms with Gasteiger partial charge < -0.3 is 20.5 Å². The van der Waals surface area contributed by atoms with E-state index >= 15 is 0 Å². The second-order valence-electron chi connectivity index (χ2n) is 8.46. The van der Waals surface area contributed by atoms with E-state index in [4.69, 9.17) is 0 Å². The Kier molecular flexibility index (Phi) is 8.84. The maximum Gasteiger partial charge on any atom is 0.0456 e. The number of para-hydroxylation sites is 1. The lowest BCUT2D eigenvalue weighted by molar-refractivity contribution is 0.228. The predicted molar refractivity (Wildman–Crippen MR) is 121 cm³/mol. The van der Waals surface area contributed by atoms with Gasteiger partial charge in [-0.3, -0.25) is 0 Å². The predicted octanol–water partition coefficient (Wildman–Crippen LogP) is 4.18. The van der Waals surface area contributed by atoms with Gasteiger partial charge in [0.1, 0.15) is 0 Å². The summed E-state index contributed by atoms with van der Waals surface area (Å²) in [4.78, 5) is 6.05. The number of rotatable bonds is 12. The van der Waals surface area contributed by atoms with Crippen LogP contribution in [0.1, 0.15) is 51.5 Å².